The molecule has 1 heterocycles. The summed E-state index contributed by atoms with van der Waals surface area (Å²) in [6.07, 6.45) is 3.65. The lowest BCUT2D eigenvalue weighted by atomic mass is 10.1. The van der Waals surface area contributed by atoms with Crippen molar-refractivity contribution in [1.29, 1.82) is 0 Å². The van der Waals surface area contributed by atoms with Gasteiger partial charge in [0.05, 0.1) is 6.10 Å². The molecule has 96 valence electrons. The molecule has 1 aromatic heterocycles. The lowest BCUT2D eigenvalue weighted by molar-refractivity contribution is 0.179. The number of anilines is 1. The fourth-order valence-electron chi connectivity index (χ4n) is 1.79. The molecule has 1 rings (SSSR count). The van der Waals surface area contributed by atoms with Gasteiger partial charge in [0.1, 0.15) is 17.3 Å². The Morgan fingerprint density at radius 2 is 2.12 bits per heavy atom. The highest BCUT2D eigenvalue weighted by molar-refractivity contribution is 6.30. The Morgan fingerprint density at radius 3 is 2.71 bits per heavy atom. The molecule has 5 heteroatoms. The predicted molar refractivity (Wildman–Crippen MR) is 70.4 cm³/mol. The van der Waals surface area contributed by atoms with E-state index in [1.807, 2.05) is 6.92 Å². The maximum atomic E-state index is 9.33. The summed E-state index contributed by atoms with van der Waals surface area (Å²) in [4.78, 5) is 8.21. The molecule has 0 bridgehead atoms. The van der Waals surface area contributed by atoms with E-state index < -0.39 is 0 Å². The van der Waals surface area contributed by atoms with Gasteiger partial charge in [-0.15, -0.1) is 0 Å². The van der Waals surface area contributed by atoms with E-state index >= 15 is 0 Å². The number of hydrogen-bond donors (Lipinski definition) is 2. The maximum absolute atomic E-state index is 9.33. The van der Waals surface area contributed by atoms with Crippen LogP contribution in [-0.2, 0) is 6.42 Å². The SMILES string of the molecule is CCCc1c(Cl)ncnc1NC(C)CC(C)O. The quantitative estimate of drug-likeness (QED) is 0.770. The van der Waals surface area contributed by atoms with Crippen LogP contribution in [0.4, 0.5) is 5.82 Å². The van der Waals surface area contributed by atoms with Crippen LogP contribution in [0.2, 0.25) is 5.15 Å². The minimum absolute atomic E-state index is 0.150. The first-order valence-corrected chi connectivity index (χ1v) is 6.36. The van der Waals surface area contributed by atoms with Gasteiger partial charge in [0.25, 0.3) is 0 Å². The molecule has 0 spiro atoms. The van der Waals surface area contributed by atoms with E-state index in [0.29, 0.717) is 11.6 Å². The van der Waals surface area contributed by atoms with E-state index in [2.05, 4.69) is 22.2 Å². The molecule has 0 aliphatic carbocycles. The van der Waals surface area contributed by atoms with Gasteiger partial charge in [0, 0.05) is 11.6 Å². The Kier molecular flexibility index (Phi) is 5.65. The summed E-state index contributed by atoms with van der Waals surface area (Å²) in [6.45, 7) is 5.88. The Bertz CT molecular complexity index is 358. The van der Waals surface area contributed by atoms with Crippen molar-refractivity contribution < 1.29 is 5.11 Å². The van der Waals surface area contributed by atoms with Crippen LogP contribution in [0.25, 0.3) is 0 Å². The highest BCUT2D eigenvalue weighted by atomic mass is 35.5. The molecule has 0 aliphatic heterocycles. The number of nitrogens with zero attached hydrogens (tertiary/aromatic N) is 2. The van der Waals surface area contributed by atoms with Crippen molar-refractivity contribution in [3.05, 3.63) is 17.0 Å². The van der Waals surface area contributed by atoms with Crippen LogP contribution in [0.5, 0.6) is 0 Å². The number of nitrogens with one attached hydrogen (secondary N) is 1. The van der Waals surface area contributed by atoms with Crippen LogP contribution in [0, 0.1) is 0 Å². The fourth-order valence-corrected chi connectivity index (χ4v) is 2.02. The summed E-state index contributed by atoms with van der Waals surface area (Å²) in [5, 5.41) is 13.1. The second kappa shape index (κ2) is 6.77. The van der Waals surface area contributed by atoms with E-state index in [4.69, 9.17) is 11.6 Å². The highest BCUT2D eigenvalue weighted by Gasteiger charge is 2.12. The zero-order valence-corrected chi connectivity index (χ0v) is 11.3. The van der Waals surface area contributed by atoms with Crippen LogP contribution in [0.15, 0.2) is 6.33 Å². The number of rotatable bonds is 6. The van der Waals surface area contributed by atoms with Crippen molar-refractivity contribution in [2.24, 2.45) is 0 Å². The van der Waals surface area contributed by atoms with Gasteiger partial charge in [-0.3, -0.25) is 0 Å². The zero-order valence-electron chi connectivity index (χ0n) is 10.6. The largest absolute Gasteiger partial charge is 0.393 e. The lowest BCUT2D eigenvalue weighted by Crippen LogP contribution is -2.22. The smallest absolute Gasteiger partial charge is 0.137 e. The molecule has 2 unspecified atom stereocenters. The molecular weight excluding hydrogens is 238 g/mol. The number of halogens is 1. The van der Waals surface area contributed by atoms with Gasteiger partial charge in [-0.05, 0) is 26.7 Å². The van der Waals surface area contributed by atoms with Crippen molar-refractivity contribution in [1.82, 2.24) is 9.97 Å². The third kappa shape index (κ3) is 4.48. The fraction of sp³-hybridized carbons (Fsp3) is 0.667. The Labute approximate surface area is 107 Å². The normalized spacial score (nSPS) is 14.4. The van der Waals surface area contributed by atoms with Gasteiger partial charge in [-0.1, -0.05) is 24.9 Å². The summed E-state index contributed by atoms with van der Waals surface area (Å²) in [5.41, 5.74) is 0.953. The van der Waals surface area contributed by atoms with Gasteiger partial charge in [-0.25, -0.2) is 9.97 Å². The van der Waals surface area contributed by atoms with Gasteiger partial charge in [0.2, 0.25) is 0 Å². The number of aromatic nitrogens is 2. The van der Waals surface area contributed by atoms with E-state index in [1.54, 1.807) is 6.92 Å². The number of aliphatic hydroxyl groups is 1. The van der Waals surface area contributed by atoms with Crippen molar-refractivity contribution in [3.63, 3.8) is 0 Å². The average molecular weight is 258 g/mol. The third-order valence-electron chi connectivity index (χ3n) is 2.47. The van der Waals surface area contributed by atoms with Crippen LogP contribution < -0.4 is 5.32 Å². The molecule has 0 amide bonds. The molecule has 2 atom stereocenters. The van der Waals surface area contributed by atoms with Crippen LogP contribution >= 0.6 is 11.6 Å². The molecule has 0 saturated carbocycles. The van der Waals surface area contributed by atoms with Crippen molar-refractivity contribution in [2.45, 2.75) is 52.2 Å². The molecule has 0 aromatic carbocycles. The average Bonchev–Trinajstić information content (AvgIpc) is 2.22. The lowest BCUT2D eigenvalue weighted by Gasteiger charge is -2.18. The molecule has 0 aliphatic rings. The summed E-state index contributed by atoms with van der Waals surface area (Å²) in [7, 11) is 0. The third-order valence-corrected chi connectivity index (χ3v) is 2.80. The molecule has 17 heavy (non-hydrogen) atoms. The van der Waals surface area contributed by atoms with E-state index in [9.17, 15) is 5.11 Å². The van der Waals surface area contributed by atoms with Crippen LogP contribution in [0.1, 0.15) is 39.2 Å². The molecule has 0 fully saturated rings. The molecule has 0 saturated heterocycles. The second-order valence-electron chi connectivity index (χ2n) is 4.37. The minimum Gasteiger partial charge on any atom is -0.393 e. The topological polar surface area (TPSA) is 58.0 Å². The first kappa shape index (κ1) is 14.2. The van der Waals surface area contributed by atoms with Crippen LogP contribution in [-0.4, -0.2) is 27.2 Å². The first-order chi connectivity index (χ1) is 8.04. The summed E-state index contributed by atoms with van der Waals surface area (Å²) in [5.74, 6) is 0.778. The molecule has 2 N–H and O–H groups in total. The van der Waals surface area contributed by atoms with Crippen molar-refractivity contribution >= 4 is 17.4 Å². The predicted octanol–water partition coefficient (Wildman–Crippen LogP) is 2.65. The Balaban J connectivity index is 2.79. The molecular formula is C12H20ClN3O. The highest BCUT2D eigenvalue weighted by Crippen LogP contribution is 2.22. The van der Waals surface area contributed by atoms with Gasteiger partial charge < -0.3 is 10.4 Å². The summed E-state index contributed by atoms with van der Waals surface area (Å²) < 4.78 is 0. The maximum Gasteiger partial charge on any atom is 0.137 e. The first-order valence-electron chi connectivity index (χ1n) is 5.98. The Hall–Kier alpha value is -0.870. The number of aliphatic hydroxyl groups excluding tert-OH is 1. The Morgan fingerprint density at radius 1 is 1.41 bits per heavy atom. The van der Waals surface area contributed by atoms with E-state index in [1.165, 1.54) is 6.33 Å². The minimum atomic E-state index is -0.329. The van der Waals surface area contributed by atoms with Gasteiger partial charge in [-0.2, -0.15) is 0 Å². The molecule has 1 aromatic rings. The van der Waals surface area contributed by atoms with Crippen LogP contribution in [0.3, 0.4) is 0 Å². The van der Waals surface area contributed by atoms with Gasteiger partial charge in [0.15, 0.2) is 0 Å². The van der Waals surface area contributed by atoms with E-state index in [-0.39, 0.29) is 12.1 Å². The number of hydrogen-bond acceptors (Lipinski definition) is 4. The second-order valence-corrected chi connectivity index (χ2v) is 4.73. The molecule has 4 nitrogen and oxygen atoms in total. The molecule has 0 radical (unpaired) electrons. The van der Waals surface area contributed by atoms with Gasteiger partial charge >= 0.3 is 0 Å². The zero-order chi connectivity index (χ0) is 12.8. The summed E-state index contributed by atoms with van der Waals surface area (Å²) >= 11 is 6.06. The van der Waals surface area contributed by atoms with Crippen molar-refractivity contribution in [2.75, 3.05) is 5.32 Å². The van der Waals surface area contributed by atoms with E-state index in [0.717, 1.165) is 24.2 Å². The standard InChI is InChI=1S/C12H20ClN3O/c1-4-5-10-11(13)14-7-15-12(10)16-8(2)6-9(3)17/h7-9,17H,4-6H2,1-3H3,(H,14,15,16). The summed E-state index contributed by atoms with van der Waals surface area (Å²) in [6, 6.07) is 0.150. The monoisotopic (exact) mass is 257 g/mol. The van der Waals surface area contributed by atoms with Crippen molar-refractivity contribution in [3.8, 4) is 0 Å².